The number of thiazole rings is 1. The summed E-state index contributed by atoms with van der Waals surface area (Å²) in [6.45, 7) is 0. The molecule has 1 aliphatic heterocycles. The average Bonchev–Trinajstić information content (AvgIpc) is 3.22. The number of amides is 1. The van der Waals surface area contributed by atoms with Crippen LogP contribution in [0.4, 0.5) is 10.8 Å². The van der Waals surface area contributed by atoms with Gasteiger partial charge in [0.25, 0.3) is 5.91 Å². The molecule has 6 nitrogen and oxygen atoms in total. The van der Waals surface area contributed by atoms with Gasteiger partial charge in [-0.05, 0) is 47.8 Å². The van der Waals surface area contributed by atoms with Gasteiger partial charge in [0.2, 0.25) is 10.0 Å². The third kappa shape index (κ3) is 6.03. The lowest BCUT2D eigenvalue weighted by Gasteiger charge is -2.21. The number of anilines is 2. The van der Waals surface area contributed by atoms with Gasteiger partial charge in [-0.2, -0.15) is 0 Å². The summed E-state index contributed by atoms with van der Waals surface area (Å²) in [5, 5.41) is 5.23. The summed E-state index contributed by atoms with van der Waals surface area (Å²) in [6.07, 6.45) is 2.36. The normalized spacial score (nSPS) is 14.9. The molecule has 0 saturated carbocycles. The molecule has 1 aliphatic rings. The molecule has 0 bridgehead atoms. The zero-order valence-corrected chi connectivity index (χ0v) is 20.0. The number of sulfonamides is 1. The molecule has 0 spiro atoms. The molecular weight excluding hydrogens is 471 g/mol. The first-order valence-electron chi connectivity index (χ1n) is 9.56. The number of nitrogens with zero attached hydrogens (tertiary/aromatic N) is 1. The molecule has 2 heterocycles. The van der Waals surface area contributed by atoms with Gasteiger partial charge in [-0.25, -0.2) is 13.4 Å². The van der Waals surface area contributed by atoms with Crippen molar-refractivity contribution in [2.75, 3.05) is 27.8 Å². The third-order valence-corrected chi connectivity index (χ3v) is 8.86. The number of thioether (sulfide) groups is 2. The molecule has 2 aromatic carbocycles. The minimum absolute atomic E-state index is 0.191. The number of carbonyl (C=O) groups excluding carboxylic acids is 1. The van der Waals surface area contributed by atoms with E-state index in [0.717, 1.165) is 11.8 Å². The van der Waals surface area contributed by atoms with Gasteiger partial charge in [-0.1, -0.05) is 24.3 Å². The van der Waals surface area contributed by atoms with Crippen LogP contribution in [0.5, 0.6) is 0 Å². The van der Waals surface area contributed by atoms with Crippen LogP contribution < -0.4 is 10.0 Å². The Labute approximate surface area is 194 Å². The number of rotatable bonds is 6. The van der Waals surface area contributed by atoms with Crippen molar-refractivity contribution in [3.63, 3.8) is 0 Å². The van der Waals surface area contributed by atoms with E-state index in [1.165, 1.54) is 34.8 Å². The van der Waals surface area contributed by atoms with E-state index in [4.69, 9.17) is 0 Å². The quantitative estimate of drug-likeness (QED) is 0.486. The molecule has 3 aromatic rings. The maximum absolute atomic E-state index is 12.6. The lowest BCUT2D eigenvalue weighted by molar-refractivity contribution is 0.102. The van der Waals surface area contributed by atoms with Crippen molar-refractivity contribution in [2.24, 2.45) is 0 Å². The highest BCUT2D eigenvalue weighted by atomic mass is 32.2. The van der Waals surface area contributed by atoms with Crippen LogP contribution in [0.15, 0.2) is 53.9 Å². The standard InChI is InChI=1S/C21H21N3O3S4/c1-31(26,27)24-17-9-7-14(8-10-17)18-13-30-21(22-18)23-19(25)15-3-5-16(6-4-15)20-28-11-2-12-29-20/h3-10,13,20,24H,2,11-12H2,1H3,(H,22,23,25). The van der Waals surface area contributed by atoms with Crippen LogP contribution in [0.25, 0.3) is 11.3 Å². The average molecular weight is 492 g/mol. The van der Waals surface area contributed by atoms with Crippen LogP contribution in [-0.2, 0) is 10.0 Å². The van der Waals surface area contributed by atoms with Crippen molar-refractivity contribution in [3.8, 4) is 11.3 Å². The van der Waals surface area contributed by atoms with Crippen molar-refractivity contribution in [2.45, 2.75) is 11.0 Å². The highest BCUT2D eigenvalue weighted by molar-refractivity contribution is 8.16. The van der Waals surface area contributed by atoms with E-state index < -0.39 is 10.0 Å². The van der Waals surface area contributed by atoms with Crippen LogP contribution in [0.3, 0.4) is 0 Å². The van der Waals surface area contributed by atoms with E-state index in [1.54, 1.807) is 24.3 Å². The predicted octanol–water partition coefficient (Wildman–Crippen LogP) is 5.30. The number of hydrogen-bond donors (Lipinski definition) is 2. The molecule has 1 fully saturated rings. The summed E-state index contributed by atoms with van der Waals surface area (Å²) in [5.74, 6) is 2.18. The smallest absolute Gasteiger partial charge is 0.257 e. The van der Waals surface area contributed by atoms with Gasteiger partial charge in [-0.3, -0.25) is 14.8 Å². The minimum Gasteiger partial charge on any atom is -0.298 e. The predicted molar refractivity (Wildman–Crippen MR) is 133 cm³/mol. The molecule has 4 rings (SSSR count). The number of aromatic nitrogens is 1. The van der Waals surface area contributed by atoms with Crippen molar-refractivity contribution < 1.29 is 13.2 Å². The molecule has 2 N–H and O–H groups in total. The molecule has 1 amide bonds. The second kappa shape index (κ2) is 9.64. The Bertz CT molecular complexity index is 1150. The maximum atomic E-state index is 12.6. The lowest BCUT2D eigenvalue weighted by Crippen LogP contribution is -2.11. The summed E-state index contributed by atoms with van der Waals surface area (Å²) in [5.41, 5.74) is 3.89. The van der Waals surface area contributed by atoms with Gasteiger partial charge in [0.05, 0.1) is 16.5 Å². The van der Waals surface area contributed by atoms with Crippen molar-refractivity contribution >= 4 is 61.6 Å². The summed E-state index contributed by atoms with van der Waals surface area (Å²) in [7, 11) is -3.31. The van der Waals surface area contributed by atoms with Gasteiger partial charge in [0.1, 0.15) is 0 Å². The van der Waals surface area contributed by atoms with E-state index in [2.05, 4.69) is 15.0 Å². The zero-order valence-electron chi connectivity index (χ0n) is 16.7. The van der Waals surface area contributed by atoms with E-state index >= 15 is 0 Å². The van der Waals surface area contributed by atoms with E-state index in [1.807, 2.05) is 53.2 Å². The minimum atomic E-state index is -3.31. The first-order chi connectivity index (χ1) is 14.9. The Morgan fingerprint density at radius 3 is 2.35 bits per heavy atom. The summed E-state index contributed by atoms with van der Waals surface area (Å²) in [4.78, 5) is 17.1. The molecule has 1 aromatic heterocycles. The largest absolute Gasteiger partial charge is 0.298 e. The number of benzene rings is 2. The topological polar surface area (TPSA) is 88.2 Å². The highest BCUT2D eigenvalue weighted by Gasteiger charge is 2.17. The molecule has 162 valence electrons. The molecule has 0 unspecified atom stereocenters. The zero-order chi connectivity index (χ0) is 21.8. The van der Waals surface area contributed by atoms with Crippen LogP contribution in [-0.4, -0.2) is 37.1 Å². The molecule has 0 aliphatic carbocycles. The summed E-state index contributed by atoms with van der Waals surface area (Å²) >= 11 is 5.26. The molecular formula is C21H21N3O3S4. The molecule has 0 atom stereocenters. The molecule has 0 radical (unpaired) electrons. The summed E-state index contributed by atoms with van der Waals surface area (Å²) < 4.78 is 25.5. The van der Waals surface area contributed by atoms with Gasteiger partial charge in [-0.15, -0.1) is 34.9 Å². The second-order valence-corrected chi connectivity index (χ2v) is 12.3. The van der Waals surface area contributed by atoms with Gasteiger partial charge in [0, 0.05) is 22.2 Å². The Kier molecular flexibility index (Phi) is 6.90. The van der Waals surface area contributed by atoms with Crippen molar-refractivity contribution in [1.82, 2.24) is 4.98 Å². The Balaban J connectivity index is 1.39. The van der Waals surface area contributed by atoms with Crippen LogP contribution in [0, 0.1) is 0 Å². The SMILES string of the molecule is CS(=O)(=O)Nc1ccc(-c2csc(NC(=O)c3ccc(C4SCCCS4)cc3)n2)cc1. The summed E-state index contributed by atoms with van der Waals surface area (Å²) in [6, 6.07) is 14.7. The van der Waals surface area contributed by atoms with Crippen LogP contribution >= 0.6 is 34.9 Å². The van der Waals surface area contributed by atoms with Gasteiger partial charge in [0.15, 0.2) is 5.13 Å². The number of nitrogens with one attached hydrogen (secondary N) is 2. The Hall–Kier alpha value is -2.01. The second-order valence-electron chi connectivity index (χ2n) is 6.99. The fraction of sp³-hybridized carbons (Fsp3) is 0.238. The van der Waals surface area contributed by atoms with E-state index in [0.29, 0.717) is 26.7 Å². The number of hydrogen-bond acceptors (Lipinski definition) is 7. The van der Waals surface area contributed by atoms with Crippen molar-refractivity contribution in [3.05, 3.63) is 65.0 Å². The molecule has 10 heteroatoms. The fourth-order valence-corrected chi connectivity index (χ4v) is 7.20. The van der Waals surface area contributed by atoms with E-state index in [9.17, 15) is 13.2 Å². The first kappa shape index (κ1) is 22.2. The van der Waals surface area contributed by atoms with Crippen molar-refractivity contribution in [1.29, 1.82) is 0 Å². The Morgan fingerprint density at radius 1 is 1.03 bits per heavy atom. The van der Waals surface area contributed by atoms with Crippen LogP contribution in [0.1, 0.15) is 26.9 Å². The lowest BCUT2D eigenvalue weighted by atomic mass is 10.1. The van der Waals surface area contributed by atoms with Crippen LogP contribution in [0.2, 0.25) is 0 Å². The third-order valence-electron chi connectivity index (χ3n) is 4.48. The fourth-order valence-electron chi connectivity index (χ4n) is 3.03. The highest BCUT2D eigenvalue weighted by Crippen LogP contribution is 2.43. The molecule has 31 heavy (non-hydrogen) atoms. The first-order valence-corrected chi connectivity index (χ1v) is 14.4. The van der Waals surface area contributed by atoms with Gasteiger partial charge >= 0.3 is 0 Å². The molecule has 1 saturated heterocycles. The maximum Gasteiger partial charge on any atom is 0.257 e. The van der Waals surface area contributed by atoms with Gasteiger partial charge < -0.3 is 0 Å². The Morgan fingerprint density at radius 2 is 1.71 bits per heavy atom. The monoisotopic (exact) mass is 491 g/mol. The van der Waals surface area contributed by atoms with E-state index in [-0.39, 0.29) is 5.91 Å². The number of carbonyl (C=O) groups is 1.